The zero-order valence-corrected chi connectivity index (χ0v) is 15.0. The van der Waals surface area contributed by atoms with E-state index in [1.54, 1.807) is 12.2 Å². The molecule has 0 aliphatic rings. The number of methoxy groups -OCH3 is 1. The van der Waals surface area contributed by atoms with E-state index in [2.05, 4.69) is 52.9 Å². The fraction of sp³-hybridized carbons (Fsp3) is 0.688. The summed E-state index contributed by atoms with van der Waals surface area (Å²) in [6, 6.07) is 0. The van der Waals surface area contributed by atoms with E-state index in [4.69, 9.17) is 4.43 Å². The molecule has 0 unspecified atom stereocenters. The molecular formula is C16H30O3Si. The summed E-state index contributed by atoms with van der Waals surface area (Å²) < 4.78 is 11.1. The molecule has 1 atom stereocenters. The molecule has 0 aliphatic carbocycles. The van der Waals surface area contributed by atoms with E-state index in [1.165, 1.54) is 13.2 Å². The molecule has 0 aromatic carbocycles. The van der Waals surface area contributed by atoms with Gasteiger partial charge >= 0.3 is 5.97 Å². The van der Waals surface area contributed by atoms with Crippen molar-refractivity contribution in [2.24, 2.45) is 0 Å². The van der Waals surface area contributed by atoms with E-state index in [9.17, 15) is 4.79 Å². The maximum Gasteiger partial charge on any atom is 0.330 e. The van der Waals surface area contributed by atoms with E-state index in [0.717, 1.165) is 0 Å². The van der Waals surface area contributed by atoms with Crippen LogP contribution < -0.4 is 0 Å². The quantitative estimate of drug-likeness (QED) is 0.287. The maximum absolute atomic E-state index is 11.2. The highest BCUT2D eigenvalue weighted by Crippen LogP contribution is 2.43. The lowest BCUT2D eigenvalue weighted by molar-refractivity contribution is -0.134. The van der Waals surface area contributed by atoms with Gasteiger partial charge in [0, 0.05) is 6.08 Å². The average Bonchev–Trinajstić information content (AvgIpc) is 2.37. The highest BCUT2D eigenvalue weighted by atomic mass is 28.4. The standard InChI is InChI=1S/C16H30O3Si/c1-9-15(10-11-16(17)18-8)19-20(12(2)3,13(4)5)14(6)7/h9-15H,1H2,2-8H3/b11-10+/t15-/m0/s1. The molecule has 0 heterocycles. The van der Waals surface area contributed by atoms with Crippen molar-refractivity contribution in [2.75, 3.05) is 7.11 Å². The number of carbonyl (C=O) groups excluding carboxylic acids is 1. The van der Waals surface area contributed by atoms with Gasteiger partial charge in [0.15, 0.2) is 0 Å². The van der Waals surface area contributed by atoms with Crippen LogP contribution in [0.15, 0.2) is 24.8 Å². The van der Waals surface area contributed by atoms with E-state index in [1.807, 2.05) is 0 Å². The molecule has 0 bridgehead atoms. The Bertz CT molecular complexity index is 324. The van der Waals surface area contributed by atoms with Crippen molar-refractivity contribution in [1.82, 2.24) is 0 Å². The van der Waals surface area contributed by atoms with E-state index in [0.29, 0.717) is 16.6 Å². The lowest BCUT2D eigenvalue weighted by atomic mass is 10.3. The highest BCUT2D eigenvalue weighted by Gasteiger charge is 2.45. The topological polar surface area (TPSA) is 35.5 Å². The summed E-state index contributed by atoms with van der Waals surface area (Å²) in [4.78, 5) is 11.2. The maximum atomic E-state index is 11.2. The molecule has 0 spiro atoms. The first-order valence-corrected chi connectivity index (χ1v) is 9.42. The smallest absolute Gasteiger partial charge is 0.330 e. The lowest BCUT2D eigenvalue weighted by Gasteiger charge is -2.43. The largest absolute Gasteiger partial charge is 0.466 e. The monoisotopic (exact) mass is 298 g/mol. The first-order valence-electron chi connectivity index (χ1n) is 7.28. The SMILES string of the molecule is C=C[C@@H](/C=C/C(=O)OC)O[Si](C(C)C)(C(C)C)C(C)C. The Kier molecular flexibility index (Phi) is 8.05. The summed E-state index contributed by atoms with van der Waals surface area (Å²) >= 11 is 0. The second-order valence-corrected chi connectivity index (χ2v) is 11.4. The minimum atomic E-state index is -1.97. The summed E-state index contributed by atoms with van der Waals surface area (Å²) in [5.41, 5.74) is 1.49. The highest BCUT2D eigenvalue weighted by molar-refractivity contribution is 6.77. The number of ether oxygens (including phenoxy) is 1. The Hall–Kier alpha value is -0.873. The van der Waals surface area contributed by atoms with Crippen LogP contribution in [0.1, 0.15) is 41.5 Å². The molecule has 0 saturated heterocycles. The minimum Gasteiger partial charge on any atom is -0.466 e. The van der Waals surface area contributed by atoms with Crippen LogP contribution in [0.4, 0.5) is 0 Å². The summed E-state index contributed by atoms with van der Waals surface area (Å²) in [5, 5.41) is 0. The zero-order chi connectivity index (χ0) is 15.9. The van der Waals surface area contributed by atoms with Gasteiger partial charge in [-0.2, -0.15) is 0 Å². The van der Waals surface area contributed by atoms with Crippen LogP contribution in [0.25, 0.3) is 0 Å². The fourth-order valence-corrected chi connectivity index (χ4v) is 8.51. The Balaban J connectivity index is 5.27. The molecule has 0 radical (unpaired) electrons. The molecular weight excluding hydrogens is 268 g/mol. The van der Waals surface area contributed by atoms with Crippen molar-refractivity contribution in [1.29, 1.82) is 0 Å². The second kappa shape index (κ2) is 8.42. The van der Waals surface area contributed by atoms with Crippen LogP contribution in [0, 0.1) is 0 Å². The van der Waals surface area contributed by atoms with Crippen LogP contribution in [0.5, 0.6) is 0 Å². The van der Waals surface area contributed by atoms with Crippen molar-refractivity contribution in [3.63, 3.8) is 0 Å². The predicted molar refractivity (Wildman–Crippen MR) is 87.3 cm³/mol. The summed E-state index contributed by atoms with van der Waals surface area (Å²) in [6.45, 7) is 17.2. The second-order valence-electron chi connectivity index (χ2n) is 6.02. The molecule has 116 valence electrons. The third kappa shape index (κ3) is 4.60. The van der Waals surface area contributed by atoms with Gasteiger partial charge in [-0.25, -0.2) is 4.79 Å². The minimum absolute atomic E-state index is 0.243. The van der Waals surface area contributed by atoms with Crippen LogP contribution in [0.3, 0.4) is 0 Å². The van der Waals surface area contributed by atoms with E-state index >= 15 is 0 Å². The Morgan fingerprint density at radius 1 is 1.05 bits per heavy atom. The molecule has 0 aromatic heterocycles. The van der Waals surface area contributed by atoms with Crippen LogP contribution in [-0.2, 0) is 14.0 Å². The van der Waals surface area contributed by atoms with Gasteiger partial charge in [0.2, 0.25) is 8.32 Å². The van der Waals surface area contributed by atoms with Gasteiger partial charge in [-0.05, 0) is 22.7 Å². The third-order valence-corrected chi connectivity index (χ3v) is 10.00. The summed E-state index contributed by atoms with van der Waals surface area (Å²) in [5.74, 6) is -0.369. The summed E-state index contributed by atoms with van der Waals surface area (Å²) in [7, 11) is -0.602. The van der Waals surface area contributed by atoms with Gasteiger partial charge in [-0.3, -0.25) is 0 Å². The normalized spacial score (nSPS) is 14.3. The number of carbonyl (C=O) groups is 1. The third-order valence-electron chi connectivity index (χ3n) is 3.90. The molecule has 0 fully saturated rings. The van der Waals surface area contributed by atoms with Crippen LogP contribution in [-0.4, -0.2) is 27.5 Å². The average molecular weight is 298 g/mol. The molecule has 0 amide bonds. The summed E-state index contributed by atoms with van der Waals surface area (Å²) in [6.07, 6.45) is 4.64. The molecule has 0 saturated carbocycles. The molecule has 20 heavy (non-hydrogen) atoms. The Morgan fingerprint density at radius 3 is 1.80 bits per heavy atom. The number of hydrogen-bond donors (Lipinski definition) is 0. The first kappa shape index (κ1) is 19.1. The Morgan fingerprint density at radius 2 is 1.50 bits per heavy atom. The predicted octanol–water partition coefficient (Wildman–Crippen LogP) is 4.46. The Labute approximate surface area is 125 Å². The molecule has 0 N–H and O–H groups in total. The number of hydrogen-bond acceptors (Lipinski definition) is 3. The van der Waals surface area contributed by atoms with Gasteiger partial charge in [-0.15, -0.1) is 6.58 Å². The molecule has 4 heteroatoms. The number of rotatable bonds is 8. The van der Waals surface area contributed by atoms with Crippen molar-refractivity contribution in [3.8, 4) is 0 Å². The van der Waals surface area contributed by atoms with Gasteiger partial charge in [0.25, 0.3) is 0 Å². The van der Waals surface area contributed by atoms with Gasteiger partial charge < -0.3 is 9.16 Å². The van der Waals surface area contributed by atoms with Crippen molar-refractivity contribution in [2.45, 2.75) is 64.3 Å². The van der Waals surface area contributed by atoms with Crippen molar-refractivity contribution < 1.29 is 14.0 Å². The first-order chi connectivity index (χ1) is 9.22. The van der Waals surface area contributed by atoms with Crippen molar-refractivity contribution >= 4 is 14.3 Å². The number of esters is 1. The van der Waals surface area contributed by atoms with Crippen LogP contribution >= 0.6 is 0 Å². The van der Waals surface area contributed by atoms with E-state index < -0.39 is 8.32 Å². The van der Waals surface area contributed by atoms with Gasteiger partial charge in [0.1, 0.15) is 0 Å². The van der Waals surface area contributed by atoms with Crippen molar-refractivity contribution in [3.05, 3.63) is 24.8 Å². The molecule has 0 rings (SSSR count). The molecule has 0 aliphatic heterocycles. The zero-order valence-electron chi connectivity index (χ0n) is 14.0. The fourth-order valence-electron chi connectivity index (χ4n) is 3.05. The van der Waals surface area contributed by atoms with E-state index in [-0.39, 0.29) is 12.1 Å². The van der Waals surface area contributed by atoms with Gasteiger partial charge in [-0.1, -0.05) is 47.6 Å². The van der Waals surface area contributed by atoms with Crippen LogP contribution in [0.2, 0.25) is 16.6 Å². The molecule has 0 aromatic rings. The molecule has 3 nitrogen and oxygen atoms in total. The van der Waals surface area contributed by atoms with Gasteiger partial charge in [0.05, 0.1) is 13.2 Å². The lowest BCUT2D eigenvalue weighted by Crippen LogP contribution is -2.49.